The smallest absolute Gasteiger partial charge is 0.406 e. The van der Waals surface area contributed by atoms with Crippen molar-refractivity contribution in [3.05, 3.63) is 18.2 Å². The van der Waals surface area contributed by atoms with E-state index in [4.69, 9.17) is 0 Å². The molecule has 1 atom stereocenters. The highest BCUT2D eigenvalue weighted by Crippen LogP contribution is 2.32. The van der Waals surface area contributed by atoms with Crippen LogP contribution < -0.4 is 15.4 Å². The summed E-state index contributed by atoms with van der Waals surface area (Å²) in [4.78, 5) is 30.8. The van der Waals surface area contributed by atoms with E-state index in [1.54, 1.807) is 4.90 Å². The number of alkyl halides is 3. The molecule has 2 amide bonds. The summed E-state index contributed by atoms with van der Waals surface area (Å²) >= 11 is 1.06. The van der Waals surface area contributed by atoms with Gasteiger partial charge in [0.15, 0.2) is 5.13 Å². The molecule has 2 aromatic rings. The Hall–Kier alpha value is -2.40. The van der Waals surface area contributed by atoms with Crippen LogP contribution in [0.1, 0.15) is 33.1 Å². The summed E-state index contributed by atoms with van der Waals surface area (Å²) in [5.41, 5.74) is 0.460. The van der Waals surface area contributed by atoms with Crippen LogP contribution >= 0.6 is 11.3 Å². The van der Waals surface area contributed by atoms with E-state index >= 15 is 0 Å². The highest BCUT2D eigenvalue weighted by Gasteiger charge is 2.32. The number of rotatable bonds is 7. The first kappa shape index (κ1) is 22.3. The molecule has 30 heavy (non-hydrogen) atoms. The number of amides is 2. The van der Waals surface area contributed by atoms with Gasteiger partial charge in [-0.1, -0.05) is 25.2 Å². The molecule has 3 rings (SSSR count). The Balaban J connectivity index is 1.60. The van der Waals surface area contributed by atoms with Crippen LogP contribution in [0.4, 0.5) is 18.3 Å². The highest BCUT2D eigenvalue weighted by molar-refractivity contribution is 7.22. The molecule has 1 aromatic heterocycles. The van der Waals surface area contributed by atoms with Gasteiger partial charge in [0.25, 0.3) is 0 Å². The van der Waals surface area contributed by atoms with Crippen LogP contribution in [0, 0.1) is 0 Å². The van der Waals surface area contributed by atoms with Crippen LogP contribution in [0.2, 0.25) is 0 Å². The number of likely N-dealkylation sites (tertiary alicyclic amines) is 1. The van der Waals surface area contributed by atoms with Gasteiger partial charge in [0, 0.05) is 31.1 Å². The number of benzene rings is 1. The van der Waals surface area contributed by atoms with Crippen molar-refractivity contribution in [1.29, 1.82) is 0 Å². The molecule has 1 aliphatic heterocycles. The van der Waals surface area contributed by atoms with Gasteiger partial charge in [0.2, 0.25) is 11.8 Å². The van der Waals surface area contributed by atoms with Gasteiger partial charge in [0.1, 0.15) is 5.75 Å². The molecule has 11 heteroatoms. The predicted molar refractivity (Wildman–Crippen MR) is 107 cm³/mol. The molecule has 0 radical (unpaired) electrons. The number of ether oxygens (including phenoxy) is 1. The van der Waals surface area contributed by atoms with Crippen LogP contribution in [0.5, 0.6) is 5.75 Å². The number of thiazole rings is 1. The van der Waals surface area contributed by atoms with Crippen molar-refractivity contribution in [2.45, 2.75) is 51.6 Å². The first-order valence-electron chi connectivity index (χ1n) is 9.60. The maximum Gasteiger partial charge on any atom is 0.573 e. The predicted octanol–water partition coefficient (Wildman–Crippen LogP) is 3.51. The van der Waals surface area contributed by atoms with E-state index in [1.807, 2.05) is 13.8 Å². The maximum atomic E-state index is 12.5. The summed E-state index contributed by atoms with van der Waals surface area (Å²) in [5.74, 6) is -0.662. The van der Waals surface area contributed by atoms with E-state index in [0.29, 0.717) is 16.8 Å². The molecule has 164 valence electrons. The quantitative estimate of drug-likeness (QED) is 0.683. The third kappa shape index (κ3) is 6.05. The fourth-order valence-corrected chi connectivity index (χ4v) is 4.22. The van der Waals surface area contributed by atoms with Gasteiger partial charge >= 0.3 is 6.36 Å². The summed E-state index contributed by atoms with van der Waals surface area (Å²) in [6.45, 7) is 4.77. The van der Waals surface area contributed by atoms with Crippen LogP contribution in [-0.4, -0.2) is 53.2 Å². The van der Waals surface area contributed by atoms with E-state index < -0.39 is 6.36 Å². The van der Waals surface area contributed by atoms with Crippen LogP contribution in [0.3, 0.4) is 0 Å². The topological polar surface area (TPSA) is 83.6 Å². The van der Waals surface area contributed by atoms with Crippen molar-refractivity contribution >= 4 is 38.5 Å². The number of nitrogens with one attached hydrogen (secondary N) is 2. The van der Waals surface area contributed by atoms with Gasteiger partial charge in [-0.05, 0) is 25.0 Å². The van der Waals surface area contributed by atoms with E-state index in [9.17, 15) is 22.8 Å². The third-order valence-electron chi connectivity index (χ3n) is 4.62. The fourth-order valence-electron chi connectivity index (χ4n) is 3.31. The summed E-state index contributed by atoms with van der Waals surface area (Å²) in [6.07, 6.45) is -3.04. The zero-order chi connectivity index (χ0) is 21.9. The second kappa shape index (κ2) is 9.17. The van der Waals surface area contributed by atoms with Crippen molar-refractivity contribution in [3.63, 3.8) is 0 Å². The Labute approximate surface area is 175 Å². The lowest BCUT2D eigenvalue weighted by Crippen LogP contribution is -2.43. The number of carbonyl (C=O) groups is 2. The minimum atomic E-state index is -4.77. The Kier molecular flexibility index (Phi) is 6.81. The van der Waals surface area contributed by atoms with E-state index in [2.05, 4.69) is 20.4 Å². The molecule has 1 aromatic carbocycles. The molecule has 0 saturated carbocycles. The van der Waals surface area contributed by atoms with Crippen molar-refractivity contribution in [2.24, 2.45) is 0 Å². The van der Waals surface area contributed by atoms with E-state index in [-0.39, 0.29) is 47.7 Å². The van der Waals surface area contributed by atoms with Gasteiger partial charge in [-0.2, -0.15) is 0 Å². The SMILES string of the molecule is CC(C)NCC(=O)N1CCC[C@H]1CC(=O)Nc1nc2ccc(OC(F)(F)F)cc2s1. The third-order valence-corrected chi connectivity index (χ3v) is 5.55. The van der Waals surface area contributed by atoms with Gasteiger partial charge in [-0.15, -0.1) is 13.2 Å². The summed E-state index contributed by atoms with van der Waals surface area (Å²) in [6, 6.07) is 3.83. The minimum absolute atomic E-state index is 0.0313. The summed E-state index contributed by atoms with van der Waals surface area (Å²) in [7, 11) is 0. The van der Waals surface area contributed by atoms with Crippen LogP contribution in [-0.2, 0) is 9.59 Å². The fraction of sp³-hybridized carbons (Fsp3) is 0.526. The number of anilines is 1. The first-order chi connectivity index (χ1) is 14.1. The number of fused-ring (bicyclic) bond motifs is 1. The standard InChI is InChI=1S/C19H23F3N4O3S/c1-11(2)23-10-17(28)26-7-3-4-12(26)8-16(27)25-18-24-14-6-5-13(9-15(14)30-18)29-19(20,21)22/h5-6,9,11-12,23H,3-4,7-8,10H2,1-2H3,(H,24,25,27)/t12-/m0/s1. The molecule has 7 nitrogen and oxygen atoms in total. The van der Waals surface area contributed by atoms with Gasteiger partial charge in [-0.25, -0.2) is 4.98 Å². The van der Waals surface area contributed by atoms with Gasteiger partial charge < -0.3 is 20.3 Å². The van der Waals surface area contributed by atoms with Crippen LogP contribution in [0.25, 0.3) is 10.2 Å². The molecule has 1 fully saturated rings. The maximum absolute atomic E-state index is 12.5. The lowest BCUT2D eigenvalue weighted by atomic mass is 10.1. The number of aromatic nitrogens is 1. The second-order valence-corrected chi connectivity index (χ2v) is 8.40. The lowest BCUT2D eigenvalue weighted by Gasteiger charge is -2.25. The minimum Gasteiger partial charge on any atom is -0.406 e. The number of nitrogens with zero attached hydrogens (tertiary/aromatic N) is 2. The van der Waals surface area contributed by atoms with Crippen molar-refractivity contribution in [1.82, 2.24) is 15.2 Å². The molecule has 0 spiro atoms. The zero-order valence-electron chi connectivity index (χ0n) is 16.6. The molecule has 0 aliphatic carbocycles. The molecule has 0 unspecified atom stereocenters. The summed E-state index contributed by atoms with van der Waals surface area (Å²) < 4.78 is 41.5. The molecular weight excluding hydrogens is 421 g/mol. The average Bonchev–Trinajstić information content (AvgIpc) is 3.24. The van der Waals surface area contributed by atoms with E-state index in [0.717, 1.165) is 24.2 Å². The average molecular weight is 444 g/mol. The Morgan fingerprint density at radius 2 is 2.13 bits per heavy atom. The largest absolute Gasteiger partial charge is 0.573 e. The molecule has 2 N–H and O–H groups in total. The molecule has 1 aliphatic rings. The van der Waals surface area contributed by atoms with Crippen LogP contribution in [0.15, 0.2) is 18.2 Å². The number of hydrogen-bond acceptors (Lipinski definition) is 6. The normalized spacial score (nSPS) is 17.0. The number of carbonyl (C=O) groups excluding carboxylic acids is 2. The van der Waals surface area contributed by atoms with Gasteiger partial charge in [0.05, 0.1) is 16.8 Å². The van der Waals surface area contributed by atoms with Gasteiger partial charge in [-0.3, -0.25) is 9.59 Å². The Morgan fingerprint density at radius 3 is 2.83 bits per heavy atom. The molecule has 1 saturated heterocycles. The number of halogens is 3. The van der Waals surface area contributed by atoms with Crippen molar-refractivity contribution in [3.8, 4) is 5.75 Å². The second-order valence-electron chi connectivity index (χ2n) is 7.37. The molecule has 0 bridgehead atoms. The lowest BCUT2D eigenvalue weighted by molar-refractivity contribution is -0.274. The Morgan fingerprint density at radius 1 is 1.37 bits per heavy atom. The molecule has 2 heterocycles. The summed E-state index contributed by atoms with van der Waals surface area (Å²) in [5, 5.41) is 6.06. The zero-order valence-corrected chi connectivity index (χ0v) is 17.4. The van der Waals surface area contributed by atoms with Crippen molar-refractivity contribution < 1.29 is 27.5 Å². The number of hydrogen-bond donors (Lipinski definition) is 2. The first-order valence-corrected chi connectivity index (χ1v) is 10.4. The monoisotopic (exact) mass is 444 g/mol. The highest BCUT2D eigenvalue weighted by atomic mass is 32.1. The Bertz CT molecular complexity index is 916. The molecular formula is C19H23F3N4O3S. The van der Waals surface area contributed by atoms with E-state index in [1.165, 1.54) is 18.2 Å². The van der Waals surface area contributed by atoms with Crippen molar-refractivity contribution in [2.75, 3.05) is 18.4 Å².